The topological polar surface area (TPSA) is 78.9 Å². The summed E-state index contributed by atoms with van der Waals surface area (Å²) in [5, 5.41) is 9.01. The van der Waals surface area contributed by atoms with Gasteiger partial charge in [0.25, 0.3) is 0 Å². The first-order valence-corrected chi connectivity index (χ1v) is 6.29. The molecule has 2 heterocycles. The Morgan fingerprint density at radius 3 is 2.95 bits per heavy atom. The molecular weight excluding hydrogens is 266 g/mol. The number of aromatic nitrogens is 3. The number of aromatic carboxylic acids is 1. The molecule has 5 nitrogen and oxygen atoms in total. The average Bonchev–Trinajstić information content (AvgIpc) is 2.93. The molecule has 0 unspecified atom stereocenters. The summed E-state index contributed by atoms with van der Waals surface area (Å²) in [7, 11) is 0. The van der Waals surface area contributed by atoms with Crippen molar-refractivity contribution in [2.24, 2.45) is 0 Å². The molecule has 0 amide bonds. The van der Waals surface area contributed by atoms with Crippen LogP contribution in [0.3, 0.4) is 0 Å². The minimum Gasteiger partial charge on any atom is -0.478 e. The van der Waals surface area contributed by atoms with Gasteiger partial charge in [0.2, 0.25) is 0 Å². The van der Waals surface area contributed by atoms with E-state index in [2.05, 4.69) is 26.8 Å². The van der Waals surface area contributed by atoms with Crippen molar-refractivity contribution >= 4 is 17.1 Å². The second kappa shape index (κ2) is 5.10. The predicted octanol–water partition coefficient (Wildman–Crippen LogP) is 2.36. The fourth-order valence-corrected chi connectivity index (χ4v) is 1.91. The fourth-order valence-electron chi connectivity index (χ4n) is 1.91. The molecule has 0 aliphatic carbocycles. The molecule has 5 heteroatoms. The molecule has 0 radical (unpaired) electrons. The van der Waals surface area contributed by atoms with Crippen LogP contribution < -0.4 is 0 Å². The summed E-state index contributed by atoms with van der Waals surface area (Å²) in [5.41, 5.74) is 3.80. The van der Waals surface area contributed by atoms with Gasteiger partial charge in [0.05, 0.1) is 11.8 Å². The van der Waals surface area contributed by atoms with Gasteiger partial charge in [-0.3, -0.25) is 0 Å². The monoisotopic (exact) mass is 277 g/mol. The Kier molecular flexibility index (Phi) is 3.13. The van der Waals surface area contributed by atoms with Gasteiger partial charge in [0.1, 0.15) is 11.2 Å². The van der Waals surface area contributed by atoms with Gasteiger partial charge in [-0.05, 0) is 36.6 Å². The van der Waals surface area contributed by atoms with Crippen molar-refractivity contribution in [3.8, 4) is 11.8 Å². The number of carbonyl (C=O) groups is 1. The van der Waals surface area contributed by atoms with Gasteiger partial charge < -0.3 is 10.1 Å². The van der Waals surface area contributed by atoms with Crippen LogP contribution in [-0.4, -0.2) is 26.0 Å². The van der Waals surface area contributed by atoms with E-state index in [0.717, 1.165) is 11.1 Å². The lowest BCUT2D eigenvalue weighted by Crippen LogP contribution is -1.97. The van der Waals surface area contributed by atoms with E-state index in [-0.39, 0.29) is 5.56 Å². The number of H-pyrrole nitrogens is 1. The Bertz CT molecular complexity index is 901. The van der Waals surface area contributed by atoms with Crippen LogP contribution in [0, 0.1) is 18.8 Å². The van der Waals surface area contributed by atoms with Crippen LogP contribution in [0.1, 0.15) is 27.2 Å². The number of benzene rings is 1. The van der Waals surface area contributed by atoms with Crippen molar-refractivity contribution in [2.45, 2.75) is 6.92 Å². The van der Waals surface area contributed by atoms with Crippen LogP contribution in [0.4, 0.5) is 0 Å². The Morgan fingerprint density at radius 1 is 1.29 bits per heavy atom. The van der Waals surface area contributed by atoms with Crippen molar-refractivity contribution in [2.75, 3.05) is 0 Å². The normalized spacial score (nSPS) is 10.1. The number of hydrogen-bond donors (Lipinski definition) is 2. The number of carboxylic acid groups (broad SMARTS) is 1. The number of carboxylic acids is 1. The number of aryl methyl sites for hydroxylation is 1. The summed E-state index contributed by atoms with van der Waals surface area (Å²) >= 11 is 0. The van der Waals surface area contributed by atoms with Crippen molar-refractivity contribution < 1.29 is 9.90 Å². The number of aromatic amines is 1. The number of hydrogen-bond acceptors (Lipinski definition) is 3. The molecule has 2 aromatic heterocycles. The highest BCUT2D eigenvalue weighted by Gasteiger charge is 2.04. The third kappa shape index (κ3) is 2.60. The van der Waals surface area contributed by atoms with Crippen LogP contribution in [0.5, 0.6) is 0 Å². The maximum absolute atomic E-state index is 11.0. The standard InChI is InChI=1S/C16H11N3O2/c1-10-2-3-12(16(20)21)8-11(10)4-5-13-9-18-14-6-7-17-15(14)19-13/h2-3,6-9H,1H3,(H,17,19)(H,20,21). The van der Waals surface area contributed by atoms with Gasteiger partial charge in [0.15, 0.2) is 5.65 Å². The molecule has 0 atom stereocenters. The fraction of sp³-hybridized carbons (Fsp3) is 0.0625. The number of nitrogens with one attached hydrogen (secondary N) is 1. The van der Waals surface area contributed by atoms with E-state index in [9.17, 15) is 4.79 Å². The van der Waals surface area contributed by atoms with Crippen LogP contribution in [-0.2, 0) is 0 Å². The van der Waals surface area contributed by atoms with Gasteiger partial charge in [-0.15, -0.1) is 0 Å². The van der Waals surface area contributed by atoms with Crippen LogP contribution in [0.25, 0.3) is 11.2 Å². The minimum atomic E-state index is -0.967. The maximum atomic E-state index is 11.0. The molecule has 0 saturated carbocycles. The van der Waals surface area contributed by atoms with E-state index >= 15 is 0 Å². The third-order valence-corrected chi connectivity index (χ3v) is 3.07. The quantitative estimate of drug-likeness (QED) is 0.669. The first kappa shape index (κ1) is 12.9. The highest BCUT2D eigenvalue weighted by atomic mass is 16.4. The zero-order chi connectivity index (χ0) is 14.8. The lowest BCUT2D eigenvalue weighted by Gasteiger charge is -1.99. The lowest BCUT2D eigenvalue weighted by atomic mass is 10.1. The number of rotatable bonds is 1. The van der Waals surface area contributed by atoms with E-state index in [4.69, 9.17) is 5.11 Å². The second-order valence-corrected chi connectivity index (χ2v) is 4.55. The first-order valence-electron chi connectivity index (χ1n) is 6.29. The highest BCUT2D eigenvalue weighted by Crippen LogP contribution is 2.11. The predicted molar refractivity (Wildman–Crippen MR) is 78.0 cm³/mol. The molecule has 0 aliphatic rings. The minimum absolute atomic E-state index is 0.218. The molecule has 0 saturated heterocycles. The van der Waals surface area contributed by atoms with E-state index < -0.39 is 5.97 Å². The van der Waals surface area contributed by atoms with Crippen LogP contribution >= 0.6 is 0 Å². The summed E-state index contributed by atoms with van der Waals surface area (Å²) < 4.78 is 0. The molecule has 2 N–H and O–H groups in total. The summed E-state index contributed by atoms with van der Waals surface area (Å²) in [4.78, 5) is 22.5. The molecule has 0 fully saturated rings. The Balaban J connectivity index is 1.99. The van der Waals surface area contributed by atoms with Gasteiger partial charge >= 0.3 is 5.97 Å². The molecule has 0 bridgehead atoms. The van der Waals surface area contributed by atoms with E-state index in [1.807, 2.05) is 13.0 Å². The van der Waals surface area contributed by atoms with Gasteiger partial charge in [-0.25, -0.2) is 14.8 Å². The largest absolute Gasteiger partial charge is 0.478 e. The zero-order valence-corrected chi connectivity index (χ0v) is 11.2. The second-order valence-electron chi connectivity index (χ2n) is 4.55. The smallest absolute Gasteiger partial charge is 0.335 e. The zero-order valence-electron chi connectivity index (χ0n) is 11.2. The molecule has 1 aromatic carbocycles. The highest BCUT2D eigenvalue weighted by molar-refractivity contribution is 5.88. The van der Waals surface area contributed by atoms with E-state index in [1.165, 1.54) is 0 Å². The molecule has 0 aliphatic heterocycles. The SMILES string of the molecule is Cc1ccc(C(=O)O)cc1C#Cc1cnc2cc[nH]c2n1. The Hall–Kier alpha value is -3.13. The van der Waals surface area contributed by atoms with Crippen LogP contribution in [0.15, 0.2) is 36.7 Å². The van der Waals surface area contributed by atoms with Gasteiger partial charge in [0, 0.05) is 11.8 Å². The molecule has 3 aromatic rings. The van der Waals surface area contributed by atoms with Gasteiger partial charge in [-0.1, -0.05) is 12.0 Å². The average molecular weight is 277 g/mol. The Morgan fingerprint density at radius 2 is 2.14 bits per heavy atom. The van der Waals surface area contributed by atoms with E-state index in [0.29, 0.717) is 16.9 Å². The molecular formula is C16H11N3O2. The summed E-state index contributed by atoms with van der Waals surface area (Å²) in [6, 6.07) is 6.70. The maximum Gasteiger partial charge on any atom is 0.335 e. The Labute approximate surface area is 120 Å². The lowest BCUT2D eigenvalue weighted by molar-refractivity contribution is 0.0697. The summed E-state index contributed by atoms with van der Waals surface area (Å²) in [6.45, 7) is 1.88. The van der Waals surface area contributed by atoms with Crippen molar-refractivity contribution in [3.05, 3.63) is 59.0 Å². The van der Waals surface area contributed by atoms with E-state index in [1.54, 1.807) is 30.6 Å². The molecule has 102 valence electrons. The molecule has 0 spiro atoms. The van der Waals surface area contributed by atoms with Crippen molar-refractivity contribution in [3.63, 3.8) is 0 Å². The number of fused-ring (bicyclic) bond motifs is 1. The third-order valence-electron chi connectivity index (χ3n) is 3.07. The summed E-state index contributed by atoms with van der Waals surface area (Å²) in [5.74, 6) is 4.90. The van der Waals surface area contributed by atoms with Crippen LogP contribution in [0.2, 0.25) is 0 Å². The summed E-state index contributed by atoms with van der Waals surface area (Å²) in [6.07, 6.45) is 3.36. The molecule has 21 heavy (non-hydrogen) atoms. The van der Waals surface area contributed by atoms with Crippen molar-refractivity contribution in [1.29, 1.82) is 0 Å². The van der Waals surface area contributed by atoms with Gasteiger partial charge in [-0.2, -0.15) is 0 Å². The number of nitrogens with zero attached hydrogens (tertiary/aromatic N) is 2. The molecule has 3 rings (SSSR count). The van der Waals surface area contributed by atoms with Crippen molar-refractivity contribution in [1.82, 2.24) is 15.0 Å². The first-order chi connectivity index (χ1) is 10.1.